The number of phenolic OH excluding ortho intramolecular Hbond substituents is 1. The minimum atomic E-state index is -5.08. The van der Waals surface area contributed by atoms with Crippen molar-refractivity contribution >= 4 is 31.6 Å². The van der Waals surface area contributed by atoms with Crippen molar-refractivity contribution in [1.82, 2.24) is 9.78 Å². The first-order valence-corrected chi connectivity index (χ1v) is 10.8. The number of benzene rings is 2. The van der Waals surface area contributed by atoms with Gasteiger partial charge in [-0.15, -0.1) is 5.69 Å². The van der Waals surface area contributed by atoms with Crippen LogP contribution in [-0.2, 0) is 37.6 Å². The van der Waals surface area contributed by atoms with Crippen LogP contribution < -0.4 is 64.7 Å². The van der Waals surface area contributed by atoms with E-state index in [4.69, 9.17) is 0 Å². The van der Waals surface area contributed by atoms with Gasteiger partial charge < -0.3 is 15.0 Å². The zero-order valence-electron chi connectivity index (χ0n) is 17.4. The van der Waals surface area contributed by atoms with Gasteiger partial charge in [0, 0.05) is 17.4 Å². The fourth-order valence-electron chi connectivity index (χ4n) is 2.45. The molecule has 3 N–H and O–H groups in total. The van der Waals surface area contributed by atoms with E-state index in [9.17, 15) is 35.8 Å². The van der Waals surface area contributed by atoms with E-state index >= 15 is 0 Å². The van der Waals surface area contributed by atoms with Crippen LogP contribution in [0.1, 0.15) is 5.69 Å². The first-order valence-electron chi connectivity index (χ1n) is 7.95. The number of azo groups is 1. The van der Waals surface area contributed by atoms with Crippen molar-refractivity contribution in [1.29, 1.82) is 0 Å². The molecule has 3 rings (SSSR count). The largest absolute Gasteiger partial charge is 1.00 e. The van der Waals surface area contributed by atoms with Crippen LogP contribution in [0, 0.1) is 6.92 Å². The number of aryl methyl sites for hydroxylation is 1. The summed E-state index contributed by atoms with van der Waals surface area (Å²) in [4.78, 5) is 10.4. The van der Waals surface area contributed by atoms with Crippen molar-refractivity contribution < 1.29 is 108 Å². The maximum atomic E-state index is 12.6. The average molecular weight is 551 g/mol. The maximum Gasteiger partial charge on any atom is 1.00 e. The minimum absolute atomic E-state index is 0. The molecule has 17 heteroatoms. The van der Waals surface area contributed by atoms with E-state index in [1.165, 1.54) is 6.92 Å². The molecule has 0 radical (unpaired) electrons. The second-order valence-corrected chi connectivity index (χ2v) is 8.74. The molecule has 0 unspecified atom stereocenters. The second-order valence-electron chi connectivity index (χ2n) is 5.93. The Hall–Kier alpha value is -0.798. The quantitative estimate of drug-likeness (QED) is 0.122. The number of hydrogen-bond donors (Lipinski definition) is 3. The van der Waals surface area contributed by atoms with Crippen LogP contribution in [0.25, 0.3) is 5.69 Å². The maximum absolute atomic E-state index is 12.6. The summed E-state index contributed by atoms with van der Waals surface area (Å²) in [5.74, 6) is -1.13. The molecule has 0 fully saturated rings. The summed E-state index contributed by atoms with van der Waals surface area (Å²) in [6.07, 6.45) is 0. The van der Waals surface area contributed by atoms with Crippen molar-refractivity contribution in [3.63, 3.8) is 0 Å². The topological polar surface area (TPSA) is 189 Å². The molecule has 2 aromatic carbocycles. The molecule has 0 aliphatic rings. The zero-order chi connectivity index (χ0) is 22.3. The summed E-state index contributed by atoms with van der Waals surface area (Å²) in [7, 11) is -10.00. The van der Waals surface area contributed by atoms with Crippen LogP contribution in [0.2, 0.25) is 0 Å². The first kappa shape index (κ1) is 32.2. The molecule has 164 valence electrons. The first-order chi connectivity index (χ1) is 13.9. The number of aromatic hydroxyl groups is 1. The molecule has 0 aliphatic heterocycles. The monoisotopic (exact) mass is 551 g/mol. The van der Waals surface area contributed by atoms with Gasteiger partial charge in [-0.2, -0.15) is 21.9 Å². The normalized spacial score (nSPS) is 11.4. The van der Waals surface area contributed by atoms with E-state index < -0.39 is 47.0 Å². The van der Waals surface area contributed by atoms with Gasteiger partial charge >= 0.3 is 59.1 Å². The Morgan fingerprint density at radius 3 is 2.09 bits per heavy atom. The van der Waals surface area contributed by atoms with Crippen LogP contribution >= 0.6 is 0 Å². The van der Waals surface area contributed by atoms with Crippen molar-refractivity contribution in [3.05, 3.63) is 58.5 Å². The van der Waals surface area contributed by atoms with Crippen LogP contribution in [0.5, 0.6) is 5.75 Å². The molecular weight excluding hydrogens is 538 g/mol. The molecular formula is C16H13CrN4Na2O8S2+. The van der Waals surface area contributed by atoms with Crippen molar-refractivity contribution in [2.24, 2.45) is 10.2 Å². The van der Waals surface area contributed by atoms with Gasteiger partial charge in [0.2, 0.25) is 0 Å². The third kappa shape index (κ3) is 7.34. The van der Waals surface area contributed by atoms with E-state index in [0.29, 0.717) is 17.8 Å². The van der Waals surface area contributed by atoms with E-state index in [0.717, 1.165) is 4.68 Å². The predicted octanol–water partition coefficient (Wildman–Crippen LogP) is -4.12. The van der Waals surface area contributed by atoms with Gasteiger partial charge in [0.05, 0.1) is 10.6 Å². The van der Waals surface area contributed by atoms with Crippen LogP contribution in [0.3, 0.4) is 0 Å². The van der Waals surface area contributed by atoms with Crippen molar-refractivity contribution in [2.45, 2.75) is 16.7 Å². The number of aromatic nitrogens is 2. The molecule has 0 amide bonds. The summed E-state index contributed by atoms with van der Waals surface area (Å²) >= 11 is 0. The third-order valence-electron chi connectivity index (χ3n) is 3.85. The molecule has 33 heavy (non-hydrogen) atoms. The van der Waals surface area contributed by atoms with Gasteiger partial charge in [0.1, 0.15) is 16.1 Å². The van der Waals surface area contributed by atoms with Crippen molar-refractivity contribution in [2.75, 3.05) is 0 Å². The molecule has 0 saturated heterocycles. The molecule has 1 aromatic heterocycles. The molecule has 1 heterocycles. The van der Waals surface area contributed by atoms with Gasteiger partial charge in [-0.05, 0) is 24.3 Å². The van der Waals surface area contributed by atoms with Gasteiger partial charge in [0.15, 0.2) is 5.75 Å². The average Bonchev–Trinajstić information content (AvgIpc) is 2.93. The third-order valence-corrected chi connectivity index (χ3v) is 5.55. The molecule has 0 atom stereocenters. The number of para-hydroxylation sites is 1. The second kappa shape index (κ2) is 12.2. The summed E-state index contributed by atoms with van der Waals surface area (Å²) in [6, 6.07) is 9.30. The Balaban J connectivity index is 0.00000341. The van der Waals surface area contributed by atoms with Crippen LogP contribution in [0.15, 0.2) is 67.3 Å². The van der Waals surface area contributed by atoms with E-state index in [-0.39, 0.29) is 87.9 Å². The summed E-state index contributed by atoms with van der Waals surface area (Å²) < 4.78 is 65.0. The minimum Gasteiger partial charge on any atom is -0.504 e. The Labute approximate surface area is 243 Å². The van der Waals surface area contributed by atoms with Crippen LogP contribution in [0.4, 0.5) is 11.4 Å². The Bertz CT molecular complexity index is 1440. The molecule has 0 bridgehead atoms. The fraction of sp³-hybridized carbons (Fsp3) is 0.0625. The summed E-state index contributed by atoms with van der Waals surface area (Å²) in [5.41, 5.74) is -1.08. The number of nitrogens with zero attached hydrogens (tertiary/aromatic N) is 4. The molecule has 0 spiro atoms. The Morgan fingerprint density at radius 2 is 1.58 bits per heavy atom. The molecule has 3 aromatic rings. The van der Waals surface area contributed by atoms with Gasteiger partial charge in [-0.25, -0.2) is 9.78 Å². The van der Waals surface area contributed by atoms with Gasteiger partial charge in [0.25, 0.3) is 20.2 Å². The Kier molecular flexibility index (Phi) is 12.0. The standard InChI is InChI=1S/C16H13N4O8S2.Cr.2Na/c1-9-14(16(22)20(19-9)10-5-3-2-4-6-10)18-17-12-7-11(29(23,24)25)8-13(15(12)21)30(26,27)28;;;/h2-8,21H,1H3,(H,23,24,25)(H,26,27,28);;;/q-1;;2*+1. The van der Waals surface area contributed by atoms with Gasteiger partial charge in [-0.1, -0.05) is 30.8 Å². The van der Waals surface area contributed by atoms with Crippen LogP contribution in [-0.4, -0.2) is 40.8 Å². The number of hydrogen-bond acceptors (Lipinski definition) is 9. The SMILES string of the molecule is Cc1nn(-c2ccccc2)c(=O)[c-]1N=Nc1cc(S(=O)(=O)O)cc(S(=O)(=O)O)c1O.[Cr].[Na+].[Na+]. The van der Waals surface area contributed by atoms with Crippen molar-refractivity contribution in [3.8, 4) is 11.4 Å². The molecule has 0 aliphatic carbocycles. The van der Waals surface area contributed by atoms with E-state index in [1.54, 1.807) is 30.3 Å². The van der Waals surface area contributed by atoms with Gasteiger partial charge in [-0.3, -0.25) is 9.11 Å². The summed E-state index contributed by atoms with van der Waals surface area (Å²) in [6.45, 7) is 1.45. The molecule has 12 nitrogen and oxygen atoms in total. The number of rotatable bonds is 5. The zero-order valence-corrected chi connectivity index (χ0v) is 24.3. The van der Waals surface area contributed by atoms with E-state index in [2.05, 4.69) is 15.3 Å². The fourth-order valence-corrected chi connectivity index (χ4v) is 3.68. The predicted molar refractivity (Wildman–Crippen MR) is 102 cm³/mol. The van der Waals surface area contributed by atoms with E-state index in [1.807, 2.05) is 0 Å². The summed E-state index contributed by atoms with van der Waals surface area (Å²) in [5, 5.41) is 21.3. The molecule has 0 saturated carbocycles. The smallest absolute Gasteiger partial charge is 0.504 e. The Morgan fingerprint density at radius 1 is 1.00 bits per heavy atom. The number of phenols is 1.